The van der Waals surface area contributed by atoms with E-state index in [0.717, 1.165) is 26.8 Å². The molecule has 0 saturated carbocycles. The van der Waals surface area contributed by atoms with Gasteiger partial charge in [-0.15, -0.1) is 11.3 Å². The van der Waals surface area contributed by atoms with Crippen molar-refractivity contribution in [2.24, 2.45) is 0 Å². The molecule has 0 aliphatic rings. The molecule has 0 bridgehead atoms. The molecule has 1 heterocycles. The van der Waals surface area contributed by atoms with Crippen LogP contribution in [0.3, 0.4) is 0 Å². The number of aromatic nitrogens is 1. The van der Waals surface area contributed by atoms with Gasteiger partial charge in [0.1, 0.15) is 11.6 Å². The Morgan fingerprint density at radius 2 is 1.86 bits per heavy atom. The number of carbonyl (C=O) groups excluding carboxylic acids is 2. The summed E-state index contributed by atoms with van der Waals surface area (Å²) < 4.78 is 28.1. The smallest absolute Gasteiger partial charge is 0.230 e. The summed E-state index contributed by atoms with van der Waals surface area (Å²) in [6.07, 6.45) is 2.89. The number of hydrogen-bond donors (Lipinski definition) is 0. The van der Waals surface area contributed by atoms with E-state index in [1.807, 2.05) is 0 Å². The van der Waals surface area contributed by atoms with Gasteiger partial charge in [0, 0.05) is 28.4 Å². The highest BCUT2D eigenvalue weighted by Crippen LogP contribution is 2.31. The molecule has 2 aromatic carbocycles. The molecule has 8 heteroatoms. The van der Waals surface area contributed by atoms with Crippen molar-refractivity contribution in [1.82, 2.24) is 4.98 Å². The van der Waals surface area contributed by atoms with E-state index in [1.165, 1.54) is 25.1 Å². The van der Waals surface area contributed by atoms with Crippen LogP contribution in [0, 0.1) is 11.6 Å². The SMILES string of the molecule is CC(=O)N(c1nc(C=CC(=O)c2ccc(Br)cc2)cs1)c1ccc(F)cc1F. The Morgan fingerprint density at radius 1 is 1.14 bits per heavy atom. The molecule has 0 aliphatic heterocycles. The maximum absolute atomic E-state index is 14.1. The van der Waals surface area contributed by atoms with Gasteiger partial charge in [0.15, 0.2) is 10.9 Å². The van der Waals surface area contributed by atoms with Gasteiger partial charge in [-0.1, -0.05) is 15.9 Å². The molecule has 4 nitrogen and oxygen atoms in total. The standard InChI is InChI=1S/C20H13BrF2N2O2S/c1-12(26)25(18-8-6-15(22)10-17(18)23)20-24-16(11-28-20)7-9-19(27)13-2-4-14(21)5-3-13/h2-11H,1H3. The van der Waals surface area contributed by atoms with Crippen LogP contribution in [-0.2, 0) is 4.79 Å². The summed E-state index contributed by atoms with van der Waals surface area (Å²) in [6, 6.07) is 9.88. The first-order valence-electron chi connectivity index (χ1n) is 8.04. The number of allylic oxidation sites excluding steroid dienone is 1. The monoisotopic (exact) mass is 462 g/mol. The lowest BCUT2D eigenvalue weighted by molar-refractivity contribution is -0.115. The number of carbonyl (C=O) groups is 2. The maximum Gasteiger partial charge on any atom is 0.230 e. The number of amides is 1. The first-order valence-corrected chi connectivity index (χ1v) is 9.71. The molecule has 0 N–H and O–H groups in total. The zero-order chi connectivity index (χ0) is 20.3. The summed E-state index contributed by atoms with van der Waals surface area (Å²) in [4.78, 5) is 29.6. The highest BCUT2D eigenvalue weighted by Gasteiger charge is 2.21. The Labute approximate surface area is 172 Å². The van der Waals surface area contributed by atoms with E-state index in [-0.39, 0.29) is 16.6 Å². The molecule has 3 aromatic rings. The normalized spacial score (nSPS) is 11.0. The number of halogens is 3. The van der Waals surface area contributed by atoms with Crippen molar-refractivity contribution < 1.29 is 18.4 Å². The number of hydrogen-bond acceptors (Lipinski definition) is 4. The molecule has 0 aliphatic carbocycles. The molecule has 0 fully saturated rings. The van der Waals surface area contributed by atoms with Crippen molar-refractivity contribution in [2.75, 3.05) is 4.90 Å². The molecule has 1 amide bonds. The summed E-state index contributed by atoms with van der Waals surface area (Å²) in [5.41, 5.74) is 0.873. The summed E-state index contributed by atoms with van der Waals surface area (Å²) >= 11 is 4.42. The third-order valence-corrected chi connectivity index (χ3v) is 5.07. The second-order valence-electron chi connectivity index (χ2n) is 5.71. The summed E-state index contributed by atoms with van der Waals surface area (Å²) in [7, 11) is 0. The minimum Gasteiger partial charge on any atom is -0.289 e. The Kier molecular flexibility index (Phi) is 6.11. The Morgan fingerprint density at radius 3 is 2.50 bits per heavy atom. The van der Waals surface area contributed by atoms with Crippen LogP contribution in [0.4, 0.5) is 19.6 Å². The van der Waals surface area contributed by atoms with E-state index < -0.39 is 17.5 Å². The largest absolute Gasteiger partial charge is 0.289 e. The van der Waals surface area contributed by atoms with Crippen molar-refractivity contribution >= 4 is 55.9 Å². The van der Waals surface area contributed by atoms with Gasteiger partial charge in [-0.3, -0.25) is 14.5 Å². The fraction of sp³-hybridized carbons (Fsp3) is 0.0500. The average molecular weight is 463 g/mol. The van der Waals surface area contributed by atoms with Gasteiger partial charge in [0.2, 0.25) is 5.91 Å². The molecule has 3 rings (SSSR count). The zero-order valence-corrected chi connectivity index (χ0v) is 16.9. The van der Waals surface area contributed by atoms with Crippen LogP contribution >= 0.6 is 27.3 Å². The van der Waals surface area contributed by atoms with Crippen LogP contribution in [0.1, 0.15) is 23.0 Å². The fourth-order valence-electron chi connectivity index (χ4n) is 2.40. The molecule has 0 atom stereocenters. The minimum absolute atomic E-state index is 0.0929. The molecular weight excluding hydrogens is 450 g/mol. The van der Waals surface area contributed by atoms with E-state index in [2.05, 4.69) is 20.9 Å². The number of rotatable bonds is 5. The molecular formula is C20H13BrF2N2O2S. The number of benzene rings is 2. The highest BCUT2D eigenvalue weighted by molar-refractivity contribution is 9.10. The van der Waals surface area contributed by atoms with Crippen molar-refractivity contribution in [3.05, 3.63) is 81.3 Å². The Bertz CT molecular complexity index is 1060. The topological polar surface area (TPSA) is 50.3 Å². The van der Waals surface area contributed by atoms with Crippen molar-refractivity contribution in [1.29, 1.82) is 0 Å². The van der Waals surface area contributed by atoms with E-state index in [0.29, 0.717) is 17.3 Å². The van der Waals surface area contributed by atoms with Crippen molar-refractivity contribution in [3.8, 4) is 0 Å². The second-order valence-corrected chi connectivity index (χ2v) is 7.46. The van der Waals surface area contributed by atoms with Crippen LogP contribution in [0.25, 0.3) is 6.08 Å². The number of ketones is 1. The van der Waals surface area contributed by atoms with Gasteiger partial charge >= 0.3 is 0 Å². The lowest BCUT2D eigenvalue weighted by atomic mass is 10.1. The zero-order valence-electron chi connectivity index (χ0n) is 14.5. The highest BCUT2D eigenvalue weighted by atomic mass is 79.9. The predicted molar refractivity (Wildman–Crippen MR) is 109 cm³/mol. The number of thiazole rings is 1. The lowest BCUT2D eigenvalue weighted by Crippen LogP contribution is -2.23. The summed E-state index contributed by atoms with van der Waals surface area (Å²) in [5, 5.41) is 1.85. The predicted octanol–water partition coefficient (Wildman–Crippen LogP) is 5.76. The van der Waals surface area contributed by atoms with Gasteiger partial charge in [-0.2, -0.15) is 0 Å². The molecule has 0 spiro atoms. The van der Waals surface area contributed by atoms with Crippen LogP contribution in [0.2, 0.25) is 0 Å². The quantitative estimate of drug-likeness (QED) is 0.357. The van der Waals surface area contributed by atoms with E-state index >= 15 is 0 Å². The Hall–Kier alpha value is -2.71. The van der Waals surface area contributed by atoms with Crippen LogP contribution < -0.4 is 4.90 Å². The first-order chi connectivity index (χ1) is 13.3. The van der Waals surface area contributed by atoms with Crippen LogP contribution in [-0.4, -0.2) is 16.7 Å². The fourth-order valence-corrected chi connectivity index (χ4v) is 3.51. The summed E-state index contributed by atoms with van der Waals surface area (Å²) in [5.74, 6) is -2.27. The summed E-state index contributed by atoms with van der Waals surface area (Å²) in [6.45, 7) is 1.26. The van der Waals surface area contributed by atoms with Gasteiger partial charge in [0.25, 0.3) is 0 Å². The maximum atomic E-state index is 14.1. The molecule has 0 unspecified atom stereocenters. The molecule has 0 radical (unpaired) electrons. The van der Waals surface area contributed by atoms with E-state index in [9.17, 15) is 18.4 Å². The van der Waals surface area contributed by atoms with Gasteiger partial charge in [-0.25, -0.2) is 13.8 Å². The molecule has 28 heavy (non-hydrogen) atoms. The molecule has 1 aromatic heterocycles. The third-order valence-electron chi connectivity index (χ3n) is 3.70. The van der Waals surface area contributed by atoms with E-state index in [1.54, 1.807) is 29.6 Å². The van der Waals surface area contributed by atoms with Gasteiger partial charge in [-0.05, 0) is 48.6 Å². The Balaban J connectivity index is 1.84. The van der Waals surface area contributed by atoms with Gasteiger partial charge < -0.3 is 0 Å². The van der Waals surface area contributed by atoms with Crippen molar-refractivity contribution in [3.63, 3.8) is 0 Å². The molecule has 0 saturated heterocycles. The van der Waals surface area contributed by atoms with Crippen LogP contribution in [0.5, 0.6) is 0 Å². The molecule has 142 valence electrons. The second kappa shape index (κ2) is 8.53. The van der Waals surface area contributed by atoms with Crippen LogP contribution in [0.15, 0.2) is 58.4 Å². The lowest BCUT2D eigenvalue weighted by Gasteiger charge is -2.18. The number of nitrogens with zero attached hydrogens (tertiary/aromatic N) is 2. The van der Waals surface area contributed by atoms with Crippen molar-refractivity contribution in [2.45, 2.75) is 6.92 Å². The number of anilines is 2. The van der Waals surface area contributed by atoms with Gasteiger partial charge in [0.05, 0.1) is 11.4 Å². The first kappa shape index (κ1) is 20.0. The average Bonchev–Trinajstić information content (AvgIpc) is 3.10. The minimum atomic E-state index is -0.868. The van der Waals surface area contributed by atoms with E-state index in [4.69, 9.17) is 0 Å². The third kappa shape index (κ3) is 4.58.